The van der Waals surface area contributed by atoms with Crippen LogP contribution in [0.4, 0.5) is 4.39 Å². The third kappa shape index (κ3) is 3.16. The van der Waals surface area contributed by atoms with E-state index in [1.165, 1.54) is 0 Å². The smallest absolute Gasteiger partial charge is 0.152 e. The molecular weight excluding hydrogens is 251 g/mol. The van der Waals surface area contributed by atoms with Gasteiger partial charge in [-0.15, -0.1) is 0 Å². The van der Waals surface area contributed by atoms with E-state index in [1.54, 1.807) is 12.2 Å². The molecular formula is C18H31FO. The summed E-state index contributed by atoms with van der Waals surface area (Å²) in [5.74, 6) is 0. The van der Waals surface area contributed by atoms with Gasteiger partial charge >= 0.3 is 0 Å². The highest BCUT2D eigenvalue weighted by atomic mass is 19.1. The SMILES string of the molecule is CC(C)(C)C1=CC(F)(C(C)(C)C)C=C(C(C)(C)C)C1O. The van der Waals surface area contributed by atoms with Crippen molar-refractivity contribution in [2.24, 2.45) is 16.2 Å². The fourth-order valence-electron chi connectivity index (χ4n) is 2.51. The van der Waals surface area contributed by atoms with Crippen molar-refractivity contribution in [2.75, 3.05) is 0 Å². The van der Waals surface area contributed by atoms with Gasteiger partial charge in [0.15, 0.2) is 5.67 Å². The first-order valence-corrected chi connectivity index (χ1v) is 7.43. The van der Waals surface area contributed by atoms with Crippen molar-refractivity contribution in [2.45, 2.75) is 74.1 Å². The molecule has 0 aromatic rings. The molecule has 0 fully saturated rings. The minimum Gasteiger partial charge on any atom is -0.384 e. The Bertz CT molecular complexity index is 404. The largest absolute Gasteiger partial charge is 0.384 e. The molecule has 0 radical (unpaired) electrons. The molecule has 2 heteroatoms. The average Bonchev–Trinajstić information content (AvgIpc) is 2.16. The number of hydrogen-bond donors (Lipinski definition) is 1. The Kier molecular flexibility index (Phi) is 4.09. The highest BCUT2D eigenvalue weighted by Gasteiger charge is 2.46. The minimum atomic E-state index is -1.53. The Labute approximate surface area is 124 Å². The molecule has 20 heavy (non-hydrogen) atoms. The molecule has 0 saturated heterocycles. The zero-order valence-electron chi connectivity index (χ0n) is 14.6. The third-order valence-electron chi connectivity index (χ3n) is 4.20. The van der Waals surface area contributed by atoms with Crippen LogP contribution < -0.4 is 0 Å². The fraction of sp³-hybridized carbons (Fsp3) is 0.778. The van der Waals surface area contributed by atoms with Crippen molar-refractivity contribution >= 4 is 0 Å². The van der Waals surface area contributed by atoms with E-state index in [1.807, 2.05) is 62.3 Å². The monoisotopic (exact) mass is 282 g/mol. The van der Waals surface area contributed by atoms with Crippen LogP contribution in [-0.2, 0) is 0 Å². The van der Waals surface area contributed by atoms with E-state index in [0.717, 1.165) is 11.1 Å². The Hall–Kier alpha value is -0.630. The van der Waals surface area contributed by atoms with Gasteiger partial charge in [0.1, 0.15) is 0 Å². The number of aliphatic hydroxyl groups is 1. The van der Waals surface area contributed by atoms with Gasteiger partial charge in [-0.25, -0.2) is 4.39 Å². The molecule has 0 amide bonds. The first kappa shape index (κ1) is 17.4. The molecule has 0 bridgehead atoms. The molecule has 1 nitrogen and oxygen atoms in total. The highest BCUT2D eigenvalue weighted by Crippen LogP contribution is 2.48. The first-order valence-electron chi connectivity index (χ1n) is 7.43. The molecule has 0 unspecified atom stereocenters. The lowest BCUT2D eigenvalue weighted by Crippen LogP contribution is -2.43. The van der Waals surface area contributed by atoms with Crippen LogP contribution in [0.1, 0.15) is 62.3 Å². The minimum absolute atomic E-state index is 0.257. The lowest BCUT2D eigenvalue weighted by Gasteiger charge is -2.44. The van der Waals surface area contributed by atoms with E-state index >= 15 is 4.39 Å². The zero-order chi connectivity index (χ0) is 16.1. The quantitative estimate of drug-likeness (QED) is 0.616. The maximum absolute atomic E-state index is 15.5. The molecule has 116 valence electrons. The van der Waals surface area contributed by atoms with Gasteiger partial charge in [-0.3, -0.25) is 0 Å². The number of aliphatic hydroxyl groups excluding tert-OH is 1. The van der Waals surface area contributed by atoms with Crippen LogP contribution in [0.2, 0.25) is 0 Å². The summed E-state index contributed by atoms with van der Waals surface area (Å²) >= 11 is 0. The van der Waals surface area contributed by atoms with Crippen LogP contribution in [0.15, 0.2) is 23.3 Å². The van der Waals surface area contributed by atoms with E-state index in [-0.39, 0.29) is 10.8 Å². The zero-order valence-corrected chi connectivity index (χ0v) is 14.6. The number of hydrogen-bond acceptors (Lipinski definition) is 1. The van der Waals surface area contributed by atoms with Crippen LogP contribution in [0.5, 0.6) is 0 Å². The summed E-state index contributed by atoms with van der Waals surface area (Å²) in [5, 5.41) is 10.7. The standard InChI is InChI=1S/C18H31FO/c1-15(2,3)12-10-18(19,17(7,8)9)11-13(14(12)20)16(4,5)6/h10-11,14,20H,1-9H3. The molecule has 0 atom stereocenters. The van der Waals surface area contributed by atoms with Crippen molar-refractivity contribution in [1.29, 1.82) is 0 Å². The van der Waals surface area contributed by atoms with Gasteiger partial charge in [0.25, 0.3) is 0 Å². The van der Waals surface area contributed by atoms with Gasteiger partial charge in [0.2, 0.25) is 0 Å². The van der Waals surface area contributed by atoms with E-state index in [0.29, 0.717) is 0 Å². The lowest BCUT2D eigenvalue weighted by molar-refractivity contribution is 0.105. The summed E-state index contributed by atoms with van der Waals surface area (Å²) in [5.41, 5.74) is -1.03. The Morgan fingerprint density at radius 3 is 1.35 bits per heavy atom. The fourth-order valence-corrected chi connectivity index (χ4v) is 2.51. The summed E-state index contributed by atoms with van der Waals surface area (Å²) in [6.07, 6.45) is 2.60. The second-order valence-electron chi connectivity index (χ2n) is 9.12. The molecule has 1 rings (SSSR count). The molecule has 1 N–H and O–H groups in total. The molecule has 0 aromatic heterocycles. The maximum atomic E-state index is 15.5. The Balaban J connectivity index is 3.53. The topological polar surface area (TPSA) is 20.2 Å². The number of allylic oxidation sites excluding steroid dienone is 2. The second-order valence-corrected chi connectivity index (χ2v) is 9.12. The summed E-state index contributed by atoms with van der Waals surface area (Å²) in [4.78, 5) is 0. The lowest BCUT2D eigenvalue weighted by atomic mass is 9.64. The molecule has 0 spiro atoms. The van der Waals surface area contributed by atoms with Gasteiger partial charge in [0.05, 0.1) is 6.10 Å². The molecule has 0 aromatic carbocycles. The molecule has 0 aliphatic heterocycles. The van der Waals surface area contributed by atoms with E-state index in [2.05, 4.69) is 0 Å². The van der Waals surface area contributed by atoms with Crippen LogP contribution in [0.3, 0.4) is 0 Å². The van der Waals surface area contributed by atoms with Crippen LogP contribution in [0.25, 0.3) is 0 Å². The average molecular weight is 282 g/mol. The van der Waals surface area contributed by atoms with Crippen molar-refractivity contribution in [1.82, 2.24) is 0 Å². The maximum Gasteiger partial charge on any atom is 0.152 e. The van der Waals surface area contributed by atoms with Crippen molar-refractivity contribution in [3.63, 3.8) is 0 Å². The first-order chi connectivity index (χ1) is 8.59. The molecule has 1 aliphatic carbocycles. The van der Waals surface area contributed by atoms with Crippen LogP contribution in [0, 0.1) is 16.2 Å². The summed E-state index contributed by atoms with van der Waals surface area (Å²) in [6.45, 7) is 17.9. The van der Waals surface area contributed by atoms with Gasteiger partial charge in [-0.1, -0.05) is 62.3 Å². The van der Waals surface area contributed by atoms with Gasteiger partial charge in [0, 0.05) is 5.41 Å². The van der Waals surface area contributed by atoms with Crippen molar-refractivity contribution in [3.05, 3.63) is 23.3 Å². The van der Waals surface area contributed by atoms with Crippen LogP contribution in [-0.4, -0.2) is 16.9 Å². The summed E-state index contributed by atoms with van der Waals surface area (Å²) in [7, 11) is 0. The predicted molar refractivity (Wildman–Crippen MR) is 84.4 cm³/mol. The third-order valence-corrected chi connectivity index (χ3v) is 4.20. The number of halogens is 1. The van der Waals surface area contributed by atoms with E-state index in [4.69, 9.17) is 0 Å². The van der Waals surface area contributed by atoms with Crippen molar-refractivity contribution < 1.29 is 9.50 Å². The van der Waals surface area contributed by atoms with Gasteiger partial charge < -0.3 is 5.11 Å². The van der Waals surface area contributed by atoms with Crippen molar-refractivity contribution in [3.8, 4) is 0 Å². The Morgan fingerprint density at radius 1 is 0.850 bits per heavy atom. The second kappa shape index (κ2) is 4.69. The number of alkyl halides is 1. The van der Waals surface area contributed by atoms with Gasteiger partial charge in [-0.05, 0) is 34.1 Å². The molecule has 0 heterocycles. The molecule has 0 saturated carbocycles. The van der Waals surface area contributed by atoms with E-state index < -0.39 is 17.2 Å². The summed E-state index contributed by atoms with van der Waals surface area (Å²) in [6, 6.07) is 0. The molecule has 1 aliphatic rings. The normalized spacial score (nSPS) is 29.1. The Morgan fingerprint density at radius 2 is 1.15 bits per heavy atom. The van der Waals surface area contributed by atoms with Gasteiger partial charge in [-0.2, -0.15) is 0 Å². The predicted octanol–water partition coefficient (Wildman–Crippen LogP) is 5.06. The number of rotatable bonds is 0. The van der Waals surface area contributed by atoms with Crippen LogP contribution >= 0.6 is 0 Å². The summed E-state index contributed by atoms with van der Waals surface area (Å²) < 4.78 is 15.5. The van der Waals surface area contributed by atoms with E-state index in [9.17, 15) is 5.11 Å². The highest BCUT2D eigenvalue weighted by molar-refractivity contribution is 5.42.